The van der Waals surface area contributed by atoms with E-state index in [2.05, 4.69) is 13.8 Å². The van der Waals surface area contributed by atoms with Crippen LogP contribution >= 0.6 is 0 Å². The van der Waals surface area contributed by atoms with Gasteiger partial charge in [0.15, 0.2) is 0 Å². The third kappa shape index (κ3) is 7.37. The van der Waals surface area contributed by atoms with Gasteiger partial charge in [-0.15, -0.1) is 0 Å². The summed E-state index contributed by atoms with van der Waals surface area (Å²) in [6, 6.07) is 5.94. The minimum atomic E-state index is 0.500. The van der Waals surface area contributed by atoms with Gasteiger partial charge in [-0.25, -0.2) is 0 Å². The van der Waals surface area contributed by atoms with E-state index in [-0.39, 0.29) is 0 Å². The Morgan fingerprint density at radius 3 is 2.33 bits per heavy atom. The van der Waals surface area contributed by atoms with Crippen LogP contribution in [0.2, 0.25) is 0 Å². The van der Waals surface area contributed by atoms with E-state index in [0.717, 1.165) is 43.1 Å². The van der Waals surface area contributed by atoms with Crippen LogP contribution in [0.5, 0.6) is 11.5 Å². The van der Waals surface area contributed by atoms with E-state index < -0.39 is 0 Å². The first-order valence-electron chi connectivity index (χ1n) is 8.40. The number of ether oxygens (including phenoxy) is 2. The molecular formula is C18H31NO2. The Morgan fingerprint density at radius 2 is 1.62 bits per heavy atom. The normalized spacial score (nSPS) is 10.6. The average molecular weight is 293 g/mol. The van der Waals surface area contributed by atoms with Gasteiger partial charge in [0.2, 0.25) is 0 Å². The molecule has 21 heavy (non-hydrogen) atoms. The van der Waals surface area contributed by atoms with Crippen LogP contribution in [0.15, 0.2) is 18.2 Å². The molecule has 1 aromatic carbocycles. The van der Waals surface area contributed by atoms with Gasteiger partial charge in [0.1, 0.15) is 11.5 Å². The molecule has 1 rings (SSSR count). The Balaban J connectivity index is 2.37. The fourth-order valence-electron chi connectivity index (χ4n) is 2.21. The predicted octanol–water partition coefficient (Wildman–Crippen LogP) is 4.67. The molecule has 0 heterocycles. The zero-order valence-corrected chi connectivity index (χ0v) is 13.7. The lowest BCUT2D eigenvalue weighted by molar-refractivity contribution is 0.292. The van der Waals surface area contributed by atoms with Crippen molar-refractivity contribution in [3.05, 3.63) is 23.8 Å². The van der Waals surface area contributed by atoms with Gasteiger partial charge in [0.25, 0.3) is 0 Å². The summed E-state index contributed by atoms with van der Waals surface area (Å²) in [5.41, 5.74) is 6.81. The van der Waals surface area contributed by atoms with Gasteiger partial charge >= 0.3 is 0 Å². The van der Waals surface area contributed by atoms with E-state index in [9.17, 15) is 0 Å². The lowest BCUT2D eigenvalue weighted by atomic mass is 10.1. The molecule has 0 unspecified atom stereocenters. The van der Waals surface area contributed by atoms with Gasteiger partial charge in [0.05, 0.1) is 13.2 Å². The average Bonchev–Trinajstić information content (AvgIpc) is 2.52. The Hall–Kier alpha value is -1.22. The van der Waals surface area contributed by atoms with Crippen molar-refractivity contribution in [3.8, 4) is 11.5 Å². The van der Waals surface area contributed by atoms with Gasteiger partial charge < -0.3 is 15.2 Å². The molecule has 0 fully saturated rings. The third-order valence-electron chi connectivity index (χ3n) is 3.49. The monoisotopic (exact) mass is 293 g/mol. The first-order valence-corrected chi connectivity index (χ1v) is 8.40. The molecule has 3 heteroatoms. The molecule has 0 aliphatic rings. The van der Waals surface area contributed by atoms with E-state index in [1.54, 1.807) is 0 Å². The molecule has 3 nitrogen and oxygen atoms in total. The van der Waals surface area contributed by atoms with Crippen molar-refractivity contribution in [1.82, 2.24) is 0 Å². The van der Waals surface area contributed by atoms with E-state index in [1.165, 1.54) is 32.1 Å². The maximum absolute atomic E-state index is 5.90. The molecule has 0 saturated carbocycles. The van der Waals surface area contributed by atoms with E-state index in [0.29, 0.717) is 6.54 Å². The number of nitrogens with two attached hydrogens (primary N) is 1. The summed E-state index contributed by atoms with van der Waals surface area (Å²) in [7, 11) is 0. The first-order chi connectivity index (χ1) is 10.3. The van der Waals surface area contributed by atoms with Crippen LogP contribution in [0.1, 0.15) is 64.4 Å². The molecule has 0 bridgehead atoms. The largest absolute Gasteiger partial charge is 0.493 e. The highest BCUT2D eigenvalue weighted by Gasteiger charge is 2.05. The van der Waals surface area contributed by atoms with Crippen LogP contribution in [0.4, 0.5) is 0 Å². The van der Waals surface area contributed by atoms with Crippen molar-refractivity contribution < 1.29 is 9.47 Å². The second-order valence-electron chi connectivity index (χ2n) is 5.44. The second-order valence-corrected chi connectivity index (χ2v) is 5.44. The number of benzene rings is 1. The summed E-state index contributed by atoms with van der Waals surface area (Å²) < 4.78 is 11.5. The van der Waals surface area contributed by atoms with Gasteiger partial charge in [-0.1, -0.05) is 52.0 Å². The summed E-state index contributed by atoms with van der Waals surface area (Å²) in [5.74, 6) is 1.74. The number of unbranched alkanes of at least 4 members (excludes halogenated alkanes) is 5. The molecule has 1 aromatic rings. The Bertz CT molecular complexity index is 379. The molecular weight excluding hydrogens is 262 g/mol. The van der Waals surface area contributed by atoms with Crippen molar-refractivity contribution in [2.24, 2.45) is 5.73 Å². The third-order valence-corrected chi connectivity index (χ3v) is 3.49. The van der Waals surface area contributed by atoms with Gasteiger partial charge in [0, 0.05) is 18.2 Å². The molecule has 0 aliphatic carbocycles. The van der Waals surface area contributed by atoms with Gasteiger partial charge in [-0.2, -0.15) is 0 Å². The predicted molar refractivity (Wildman–Crippen MR) is 89.0 cm³/mol. The Morgan fingerprint density at radius 1 is 0.857 bits per heavy atom. The highest BCUT2D eigenvalue weighted by atomic mass is 16.5. The van der Waals surface area contributed by atoms with Crippen LogP contribution in [0.25, 0.3) is 0 Å². The smallest absolute Gasteiger partial charge is 0.127 e. The van der Waals surface area contributed by atoms with E-state index in [4.69, 9.17) is 15.2 Å². The van der Waals surface area contributed by atoms with Crippen LogP contribution in [0.3, 0.4) is 0 Å². The van der Waals surface area contributed by atoms with Gasteiger partial charge in [-0.05, 0) is 18.9 Å². The SMILES string of the molecule is CCCCCCCCOc1cc(OCCC)ccc1CN. The fraction of sp³-hybridized carbons (Fsp3) is 0.667. The van der Waals surface area contributed by atoms with Crippen molar-refractivity contribution in [1.29, 1.82) is 0 Å². The summed E-state index contributed by atoms with van der Waals surface area (Å²) in [6.45, 7) is 6.34. The topological polar surface area (TPSA) is 44.5 Å². The van der Waals surface area contributed by atoms with Crippen LogP contribution < -0.4 is 15.2 Å². The minimum absolute atomic E-state index is 0.500. The summed E-state index contributed by atoms with van der Waals surface area (Å²) in [6.07, 6.45) is 8.63. The van der Waals surface area contributed by atoms with Crippen molar-refractivity contribution in [2.75, 3.05) is 13.2 Å². The van der Waals surface area contributed by atoms with E-state index >= 15 is 0 Å². The van der Waals surface area contributed by atoms with Gasteiger partial charge in [-0.3, -0.25) is 0 Å². The van der Waals surface area contributed by atoms with E-state index in [1.807, 2.05) is 18.2 Å². The first kappa shape index (κ1) is 17.8. The number of hydrogen-bond acceptors (Lipinski definition) is 3. The molecule has 0 spiro atoms. The van der Waals surface area contributed by atoms with Crippen molar-refractivity contribution in [2.45, 2.75) is 65.3 Å². The highest BCUT2D eigenvalue weighted by Crippen LogP contribution is 2.25. The number of hydrogen-bond donors (Lipinski definition) is 1. The molecule has 0 atom stereocenters. The maximum Gasteiger partial charge on any atom is 0.127 e. The Labute approximate surface area is 129 Å². The summed E-state index contributed by atoms with van der Waals surface area (Å²) in [5, 5.41) is 0. The lowest BCUT2D eigenvalue weighted by Gasteiger charge is -2.13. The molecule has 120 valence electrons. The van der Waals surface area contributed by atoms with Crippen molar-refractivity contribution >= 4 is 0 Å². The zero-order chi connectivity index (χ0) is 15.3. The van der Waals surface area contributed by atoms with Crippen LogP contribution in [-0.4, -0.2) is 13.2 Å². The fourth-order valence-corrected chi connectivity index (χ4v) is 2.21. The van der Waals surface area contributed by atoms with Crippen molar-refractivity contribution in [3.63, 3.8) is 0 Å². The summed E-state index contributed by atoms with van der Waals surface area (Å²) >= 11 is 0. The molecule has 0 saturated heterocycles. The highest BCUT2D eigenvalue weighted by molar-refractivity contribution is 5.40. The van der Waals surface area contributed by atoms with Crippen LogP contribution in [0, 0.1) is 0 Å². The molecule has 0 amide bonds. The molecule has 0 aliphatic heterocycles. The maximum atomic E-state index is 5.90. The quantitative estimate of drug-likeness (QED) is 0.569. The minimum Gasteiger partial charge on any atom is -0.493 e. The standard InChI is InChI=1S/C18H31NO2/c1-3-5-6-7-8-9-13-21-18-14-17(20-12-4-2)11-10-16(18)15-19/h10-11,14H,3-9,12-13,15,19H2,1-2H3. The zero-order valence-electron chi connectivity index (χ0n) is 13.7. The molecule has 0 radical (unpaired) electrons. The lowest BCUT2D eigenvalue weighted by Crippen LogP contribution is -2.05. The Kier molecular flexibility index (Phi) is 9.71. The molecule has 2 N–H and O–H groups in total. The summed E-state index contributed by atoms with van der Waals surface area (Å²) in [4.78, 5) is 0. The molecule has 0 aromatic heterocycles. The number of rotatable bonds is 12. The van der Waals surface area contributed by atoms with Crippen LogP contribution in [-0.2, 0) is 6.54 Å². The second kappa shape index (κ2) is 11.4.